The number of carbonyl (C=O) groups excluding carboxylic acids is 1. The maximum absolute atomic E-state index is 13.5. The number of amides is 1. The van der Waals surface area contributed by atoms with Gasteiger partial charge in [0.15, 0.2) is 0 Å². The Morgan fingerprint density at radius 1 is 1.12 bits per heavy atom. The first-order valence-corrected chi connectivity index (χ1v) is 12.1. The van der Waals surface area contributed by atoms with Crippen LogP contribution in [0, 0.1) is 0 Å². The SMILES string of the molecule is C=CCN1C[C@H](C)N([C@H](c2cccc(OC)c2)c2ccccc2C(=O)N(CC)CC)C[C@H]1C. The monoisotopic (exact) mass is 449 g/mol. The normalized spacial score (nSPS) is 20.3. The molecule has 5 heteroatoms. The van der Waals surface area contributed by atoms with E-state index in [1.54, 1.807) is 7.11 Å². The van der Waals surface area contributed by atoms with Crippen LogP contribution in [0.5, 0.6) is 5.75 Å². The van der Waals surface area contributed by atoms with Crippen molar-refractivity contribution in [3.63, 3.8) is 0 Å². The summed E-state index contributed by atoms with van der Waals surface area (Å²) < 4.78 is 5.56. The van der Waals surface area contributed by atoms with Gasteiger partial charge < -0.3 is 9.64 Å². The topological polar surface area (TPSA) is 36.0 Å². The maximum atomic E-state index is 13.5. The van der Waals surface area contributed by atoms with E-state index in [1.807, 2.05) is 55.2 Å². The Kier molecular flexibility index (Phi) is 8.70. The van der Waals surface area contributed by atoms with Crippen LogP contribution in [-0.4, -0.2) is 72.5 Å². The molecular weight excluding hydrogens is 410 g/mol. The van der Waals surface area contributed by atoms with Crippen molar-refractivity contribution in [2.24, 2.45) is 0 Å². The summed E-state index contributed by atoms with van der Waals surface area (Å²) in [4.78, 5) is 20.4. The highest BCUT2D eigenvalue weighted by Gasteiger charge is 2.36. The van der Waals surface area contributed by atoms with E-state index in [1.165, 1.54) is 0 Å². The third-order valence-corrected chi connectivity index (χ3v) is 6.80. The molecule has 0 saturated carbocycles. The van der Waals surface area contributed by atoms with Gasteiger partial charge in [-0.3, -0.25) is 14.6 Å². The second-order valence-electron chi connectivity index (χ2n) is 8.88. The average molecular weight is 450 g/mol. The molecule has 3 rings (SSSR count). The van der Waals surface area contributed by atoms with Crippen molar-refractivity contribution >= 4 is 5.91 Å². The van der Waals surface area contributed by atoms with E-state index in [0.717, 1.165) is 42.1 Å². The van der Waals surface area contributed by atoms with Gasteiger partial charge in [-0.05, 0) is 57.0 Å². The molecule has 0 aliphatic carbocycles. The largest absolute Gasteiger partial charge is 0.497 e. The highest BCUT2D eigenvalue weighted by atomic mass is 16.5. The van der Waals surface area contributed by atoms with Crippen LogP contribution in [0.2, 0.25) is 0 Å². The van der Waals surface area contributed by atoms with Crippen LogP contribution in [0.15, 0.2) is 61.2 Å². The Labute approximate surface area is 199 Å². The van der Waals surface area contributed by atoms with Crippen LogP contribution in [0.3, 0.4) is 0 Å². The fourth-order valence-corrected chi connectivity index (χ4v) is 4.98. The van der Waals surface area contributed by atoms with E-state index in [2.05, 4.69) is 48.4 Å². The molecule has 1 amide bonds. The molecule has 1 heterocycles. The van der Waals surface area contributed by atoms with Gasteiger partial charge in [-0.2, -0.15) is 0 Å². The van der Waals surface area contributed by atoms with Gasteiger partial charge in [0.25, 0.3) is 5.91 Å². The fraction of sp³-hybridized carbons (Fsp3) is 0.464. The molecule has 2 aromatic carbocycles. The molecule has 0 N–H and O–H groups in total. The van der Waals surface area contributed by atoms with Gasteiger partial charge >= 0.3 is 0 Å². The lowest BCUT2D eigenvalue weighted by molar-refractivity contribution is 0.0302. The first-order chi connectivity index (χ1) is 15.9. The Morgan fingerprint density at radius 2 is 1.85 bits per heavy atom. The first kappa shape index (κ1) is 25.0. The number of piperazine rings is 1. The molecule has 178 valence electrons. The lowest BCUT2D eigenvalue weighted by atomic mass is 9.90. The van der Waals surface area contributed by atoms with Gasteiger partial charge in [0.1, 0.15) is 5.75 Å². The van der Waals surface area contributed by atoms with Crippen molar-refractivity contribution in [2.75, 3.05) is 39.8 Å². The maximum Gasteiger partial charge on any atom is 0.254 e. The minimum absolute atomic E-state index is 0.0425. The van der Waals surface area contributed by atoms with Gasteiger partial charge in [0.2, 0.25) is 0 Å². The summed E-state index contributed by atoms with van der Waals surface area (Å²) in [5, 5.41) is 0. The minimum Gasteiger partial charge on any atom is -0.497 e. The summed E-state index contributed by atoms with van der Waals surface area (Å²) in [6.07, 6.45) is 1.98. The second-order valence-corrected chi connectivity index (χ2v) is 8.88. The average Bonchev–Trinajstić information content (AvgIpc) is 2.83. The number of methoxy groups -OCH3 is 1. The summed E-state index contributed by atoms with van der Waals surface area (Å²) in [5.41, 5.74) is 2.98. The predicted octanol–water partition coefficient (Wildman–Crippen LogP) is 4.85. The number of ether oxygens (including phenoxy) is 1. The van der Waals surface area contributed by atoms with E-state index in [0.29, 0.717) is 25.2 Å². The fourth-order valence-electron chi connectivity index (χ4n) is 4.98. The summed E-state index contributed by atoms with van der Waals surface area (Å²) in [7, 11) is 1.70. The zero-order valence-corrected chi connectivity index (χ0v) is 20.8. The van der Waals surface area contributed by atoms with Crippen LogP contribution in [0.4, 0.5) is 0 Å². The minimum atomic E-state index is -0.0425. The molecule has 0 radical (unpaired) electrons. The smallest absolute Gasteiger partial charge is 0.254 e. The van der Waals surface area contributed by atoms with Gasteiger partial charge in [-0.25, -0.2) is 0 Å². The van der Waals surface area contributed by atoms with E-state index < -0.39 is 0 Å². The van der Waals surface area contributed by atoms with E-state index in [-0.39, 0.29) is 11.9 Å². The Hall–Kier alpha value is -2.63. The molecule has 5 nitrogen and oxygen atoms in total. The summed E-state index contributed by atoms with van der Waals surface area (Å²) in [6, 6.07) is 17.0. The number of rotatable bonds is 9. The number of hydrogen-bond donors (Lipinski definition) is 0. The summed E-state index contributed by atoms with van der Waals surface area (Å²) in [5.74, 6) is 0.922. The predicted molar refractivity (Wildman–Crippen MR) is 136 cm³/mol. The summed E-state index contributed by atoms with van der Waals surface area (Å²) in [6.45, 7) is 16.7. The first-order valence-electron chi connectivity index (χ1n) is 12.1. The molecule has 1 saturated heterocycles. The standard InChI is InChI=1S/C28H39N3O2/c1-7-17-30-19-22(5)31(20-21(30)4)27(23-13-12-14-24(18-23)33-6)25-15-10-11-16-26(25)28(32)29(8-2)9-3/h7,10-16,18,21-22,27H,1,8-9,17,19-20H2,2-6H3/t21-,22+,27-/m1/s1. The van der Waals surface area contributed by atoms with Gasteiger partial charge in [0, 0.05) is 50.4 Å². The molecular formula is C28H39N3O2. The van der Waals surface area contributed by atoms with Crippen molar-refractivity contribution in [2.45, 2.75) is 45.8 Å². The molecule has 2 aromatic rings. The van der Waals surface area contributed by atoms with Crippen LogP contribution < -0.4 is 4.74 Å². The van der Waals surface area contributed by atoms with Crippen molar-refractivity contribution in [1.82, 2.24) is 14.7 Å². The van der Waals surface area contributed by atoms with Crippen LogP contribution in [0.25, 0.3) is 0 Å². The summed E-state index contributed by atoms with van der Waals surface area (Å²) >= 11 is 0. The van der Waals surface area contributed by atoms with Crippen LogP contribution >= 0.6 is 0 Å². The molecule has 1 aliphatic rings. The Balaban J connectivity index is 2.12. The third kappa shape index (κ3) is 5.48. The van der Waals surface area contributed by atoms with E-state index in [4.69, 9.17) is 4.74 Å². The van der Waals surface area contributed by atoms with E-state index in [9.17, 15) is 4.79 Å². The zero-order chi connectivity index (χ0) is 24.0. The molecule has 0 bridgehead atoms. The lowest BCUT2D eigenvalue weighted by Gasteiger charge is -2.47. The molecule has 0 aromatic heterocycles. The number of nitrogens with zero attached hydrogens (tertiary/aromatic N) is 3. The van der Waals surface area contributed by atoms with Crippen molar-refractivity contribution in [1.29, 1.82) is 0 Å². The van der Waals surface area contributed by atoms with Gasteiger partial charge in [0.05, 0.1) is 13.2 Å². The van der Waals surface area contributed by atoms with Crippen molar-refractivity contribution < 1.29 is 9.53 Å². The number of carbonyl (C=O) groups is 1. The van der Waals surface area contributed by atoms with Crippen molar-refractivity contribution in [3.8, 4) is 5.75 Å². The second kappa shape index (κ2) is 11.5. The molecule has 0 unspecified atom stereocenters. The molecule has 33 heavy (non-hydrogen) atoms. The Morgan fingerprint density at radius 3 is 2.52 bits per heavy atom. The van der Waals surface area contributed by atoms with Crippen molar-refractivity contribution in [3.05, 3.63) is 77.9 Å². The lowest BCUT2D eigenvalue weighted by Crippen LogP contribution is -2.57. The Bertz CT molecular complexity index is 940. The number of benzene rings is 2. The number of hydrogen-bond acceptors (Lipinski definition) is 4. The van der Waals surface area contributed by atoms with Gasteiger partial charge in [-0.1, -0.05) is 36.4 Å². The zero-order valence-electron chi connectivity index (χ0n) is 20.8. The highest BCUT2D eigenvalue weighted by Crippen LogP contribution is 2.36. The van der Waals surface area contributed by atoms with E-state index >= 15 is 0 Å². The molecule has 3 atom stereocenters. The van der Waals surface area contributed by atoms with Crippen LogP contribution in [-0.2, 0) is 0 Å². The third-order valence-electron chi connectivity index (χ3n) is 6.80. The quantitative estimate of drug-likeness (QED) is 0.513. The molecule has 1 fully saturated rings. The van der Waals surface area contributed by atoms with Gasteiger partial charge in [-0.15, -0.1) is 6.58 Å². The molecule has 1 aliphatic heterocycles. The molecule has 0 spiro atoms. The highest BCUT2D eigenvalue weighted by molar-refractivity contribution is 5.96. The van der Waals surface area contributed by atoms with Crippen LogP contribution in [0.1, 0.15) is 55.2 Å².